The fourth-order valence-corrected chi connectivity index (χ4v) is 3.19. The van der Waals surface area contributed by atoms with E-state index in [9.17, 15) is 20.1 Å². The molecule has 0 amide bonds. The molecule has 4 rings (SSSR count). The van der Waals surface area contributed by atoms with Crippen LogP contribution in [0.5, 0.6) is 11.5 Å². The number of rotatable bonds is 2. The normalized spacial score (nSPS) is 16.7. The number of carboxylic acids is 1. The van der Waals surface area contributed by atoms with Gasteiger partial charge in [0.05, 0.1) is 5.56 Å². The molecule has 0 aromatic heterocycles. The number of phenolic OH excluding ortho intramolecular Hbond substituents is 1. The third-order valence-electron chi connectivity index (χ3n) is 4.27. The Hall–Kier alpha value is -2.37. The van der Waals surface area contributed by atoms with E-state index >= 15 is 0 Å². The molecule has 3 N–H and O–H groups in total. The third-order valence-corrected chi connectivity index (χ3v) is 4.27. The van der Waals surface area contributed by atoms with E-state index < -0.39 is 12.1 Å². The summed E-state index contributed by atoms with van der Waals surface area (Å²) in [6.45, 7) is 0. The molecule has 1 heterocycles. The monoisotopic (exact) mass is 438 g/mol. The average molecular weight is 438 g/mol. The van der Waals surface area contributed by atoms with Crippen molar-refractivity contribution >= 4 is 11.5 Å². The largest absolute Gasteiger partial charge is 0.508 e. The van der Waals surface area contributed by atoms with Crippen molar-refractivity contribution < 1.29 is 57.6 Å². The molecule has 1 atom stereocenters. The number of aliphatic hydroxyl groups is 1. The van der Waals surface area contributed by atoms with Crippen LogP contribution < -0.4 is 4.74 Å². The van der Waals surface area contributed by atoms with Crippen LogP contribution in [0.2, 0.25) is 0 Å². The van der Waals surface area contributed by atoms with Gasteiger partial charge in [0.1, 0.15) is 23.4 Å². The molecule has 2 aromatic rings. The van der Waals surface area contributed by atoms with Gasteiger partial charge < -0.3 is 27.5 Å². The van der Waals surface area contributed by atoms with Gasteiger partial charge in [-0.25, -0.2) is 4.79 Å². The van der Waals surface area contributed by atoms with Crippen LogP contribution in [0.1, 0.15) is 21.5 Å². The molecule has 2 aromatic carbocycles. The Morgan fingerprint density at radius 3 is 2.48 bits per heavy atom. The van der Waals surface area contributed by atoms with Gasteiger partial charge in [-0.2, -0.15) is 0 Å². The number of aliphatic hydroxyl groups excluding tert-OH is 1. The van der Waals surface area contributed by atoms with Crippen LogP contribution in [0, 0.1) is 7.43 Å². The Morgan fingerprint density at radius 1 is 1.00 bits per heavy atom. The SMILES string of the molecule is O=C(O)c1ccccc1C1=C2C=CC(O)=CC2Oc2cc(O)ccc21.[CH3-].[Y]. The molecule has 0 bridgehead atoms. The molecule has 2 aliphatic rings. The summed E-state index contributed by atoms with van der Waals surface area (Å²) in [6.07, 6.45) is 4.26. The summed E-state index contributed by atoms with van der Waals surface area (Å²) in [7, 11) is 0. The number of benzene rings is 2. The Balaban J connectivity index is 0.00000131. The van der Waals surface area contributed by atoms with Crippen LogP contribution in [0.3, 0.4) is 0 Å². The van der Waals surface area contributed by atoms with E-state index in [0.29, 0.717) is 22.4 Å². The van der Waals surface area contributed by atoms with Gasteiger partial charge in [0.15, 0.2) is 0 Å². The summed E-state index contributed by atoms with van der Waals surface area (Å²) in [5.41, 5.74) is 2.90. The maximum absolute atomic E-state index is 11.7. The van der Waals surface area contributed by atoms with Crippen LogP contribution in [0.15, 0.2) is 72.0 Å². The van der Waals surface area contributed by atoms with Crippen molar-refractivity contribution in [1.29, 1.82) is 0 Å². The van der Waals surface area contributed by atoms with E-state index in [1.807, 2.05) is 0 Å². The van der Waals surface area contributed by atoms with Gasteiger partial charge in [0, 0.05) is 61.6 Å². The van der Waals surface area contributed by atoms with Gasteiger partial charge in [-0.05, 0) is 29.8 Å². The fraction of sp³-hybridized carbons (Fsp3) is 0.0476. The Kier molecular flexibility index (Phi) is 6.29. The standard InChI is InChI=1S/C20H14O5.CH3.Y/c21-11-5-7-15-17(9-11)25-18-10-12(22)6-8-16(18)19(15)13-3-1-2-4-14(13)20(23)24;;/h1-10,17,21-22H,(H,23,24);1H3;/q;-1;. The fourth-order valence-electron chi connectivity index (χ4n) is 3.19. The van der Waals surface area contributed by atoms with Crippen LogP contribution in [0.4, 0.5) is 0 Å². The van der Waals surface area contributed by atoms with Crippen LogP contribution in [0.25, 0.3) is 5.57 Å². The average Bonchev–Trinajstić information content (AvgIpc) is 2.59. The molecule has 5 nitrogen and oxygen atoms in total. The number of allylic oxidation sites excluding steroid dienone is 1. The minimum absolute atomic E-state index is 0. The summed E-state index contributed by atoms with van der Waals surface area (Å²) in [6, 6.07) is 11.5. The first-order valence-electron chi connectivity index (χ1n) is 7.70. The Bertz CT molecular complexity index is 988. The number of aromatic carboxylic acids is 1. The Morgan fingerprint density at radius 2 is 1.74 bits per heavy atom. The van der Waals surface area contributed by atoms with Crippen molar-refractivity contribution in [1.82, 2.24) is 0 Å². The van der Waals surface area contributed by atoms with Gasteiger partial charge >= 0.3 is 5.97 Å². The van der Waals surface area contributed by atoms with E-state index in [4.69, 9.17) is 4.74 Å². The zero-order chi connectivity index (χ0) is 17.6. The van der Waals surface area contributed by atoms with Gasteiger partial charge in [-0.15, -0.1) is 0 Å². The minimum Gasteiger partial charge on any atom is -0.508 e. The number of carbonyl (C=O) groups is 1. The van der Waals surface area contributed by atoms with Crippen LogP contribution in [-0.4, -0.2) is 27.4 Å². The molecule has 1 radical (unpaired) electrons. The second-order valence-electron chi connectivity index (χ2n) is 5.82. The first-order valence-corrected chi connectivity index (χ1v) is 7.70. The first-order chi connectivity index (χ1) is 12.0. The van der Waals surface area contributed by atoms with Gasteiger partial charge in [0.2, 0.25) is 0 Å². The predicted octanol–water partition coefficient (Wildman–Crippen LogP) is 4.11. The molecule has 27 heavy (non-hydrogen) atoms. The zero-order valence-electron chi connectivity index (χ0n) is 14.6. The van der Waals surface area contributed by atoms with Crippen molar-refractivity contribution in [2.45, 2.75) is 6.10 Å². The minimum atomic E-state index is -1.02. The van der Waals surface area contributed by atoms with Crippen molar-refractivity contribution in [2.24, 2.45) is 0 Å². The summed E-state index contributed by atoms with van der Waals surface area (Å²) >= 11 is 0. The number of hydrogen-bond acceptors (Lipinski definition) is 4. The molecule has 1 unspecified atom stereocenters. The topological polar surface area (TPSA) is 87.0 Å². The second kappa shape index (κ2) is 8.11. The van der Waals surface area contributed by atoms with Crippen LogP contribution in [-0.2, 0) is 32.7 Å². The zero-order valence-corrected chi connectivity index (χ0v) is 17.4. The predicted molar refractivity (Wildman–Crippen MR) is 98.2 cm³/mol. The molecule has 1 aliphatic heterocycles. The molecule has 0 saturated heterocycles. The number of aromatic hydroxyl groups is 1. The molecule has 135 valence electrons. The van der Waals surface area contributed by atoms with E-state index in [0.717, 1.165) is 5.57 Å². The third kappa shape index (κ3) is 3.71. The van der Waals surface area contributed by atoms with Gasteiger partial charge in [0.25, 0.3) is 0 Å². The van der Waals surface area contributed by atoms with Gasteiger partial charge in [-0.3, -0.25) is 0 Å². The number of carboxylic acid groups (broad SMARTS) is 1. The van der Waals surface area contributed by atoms with E-state index in [1.165, 1.54) is 12.1 Å². The summed E-state index contributed by atoms with van der Waals surface area (Å²) in [5.74, 6) is -0.468. The van der Waals surface area contributed by atoms with Crippen LogP contribution >= 0.6 is 0 Å². The van der Waals surface area contributed by atoms with E-state index in [1.54, 1.807) is 48.6 Å². The Labute approximate surface area is 182 Å². The smallest absolute Gasteiger partial charge is 0.336 e. The molecular formula is C21H17O5Y-. The molecule has 0 saturated carbocycles. The molecule has 1 aliphatic carbocycles. The maximum atomic E-state index is 11.7. The number of ether oxygens (including phenoxy) is 1. The molecule has 6 heteroatoms. The summed E-state index contributed by atoms with van der Waals surface area (Å²) < 4.78 is 5.89. The van der Waals surface area contributed by atoms with Gasteiger partial charge in [-0.1, -0.05) is 24.3 Å². The van der Waals surface area contributed by atoms with E-state index in [-0.39, 0.29) is 57.2 Å². The first kappa shape index (κ1) is 20.9. The molecule has 0 spiro atoms. The number of phenols is 1. The van der Waals surface area contributed by atoms with Crippen molar-refractivity contribution in [3.63, 3.8) is 0 Å². The number of fused-ring (bicyclic) bond motifs is 2. The van der Waals surface area contributed by atoms with Crippen molar-refractivity contribution in [2.75, 3.05) is 0 Å². The quantitative estimate of drug-likeness (QED) is 0.615. The number of hydrogen-bond donors (Lipinski definition) is 3. The molecule has 0 fully saturated rings. The van der Waals surface area contributed by atoms with Crippen molar-refractivity contribution in [3.8, 4) is 11.5 Å². The summed E-state index contributed by atoms with van der Waals surface area (Å²) in [5, 5.41) is 29.1. The summed E-state index contributed by atoms with van der Waals surface area (Å²) in [4.78, 5) is 11.7. The van der Waals surface area contributed by atoms with E-state index in [2.05, 4.69) is 0 Å². The molecular weight excluding hydrogens is 421 g/mol. The maximum Gasteiger partial charge on any atom is 0.336 e. The second-order valence-corrected chi connectivity index (χ2v) is 5.82. The van der Waals surface area contributed by atoms with Crippen molar-refractivity contribution in [3.05, 3.63) is 96.1 Å².